The zero-order valence-corrected chi connectivity index (χ0v) is 18.3. The minimum absolute atomic E-state index is 0.772. The van der Waals surface area contributed by atoms with Crippen molar-refractivity contribution in [3.05, 3.63) is 70.9 Å². The predicted octanol–water partition coefficient (Wildman–Crippen LogP) is 5.71. The van der Waals surface area contributed by atoms with Crippen molar-refractivity contribution < 1.29 is 9.26 Å². The molecule has 0 aliphatic rings. The maximum absolute atomic E-state index is 5.79. The Morgan fingerprint density at radius 2 is 1.90 bits per heavy atom. The van der Waals surface area contributed by atoms with E-state index < -0.39 is 0 Å². The molecule has 0 aliphatic carbocycles. The van der Waals surface area contributed by atoms with E-state index in [1.165, 1.54) is 0 Å². The molecular formula is C25H24N4O2. The molecule has 0 amide bonds. The number of ether oxygens (including phenoxy) is 1. The third-order valence-electron chi connectivity index (χ3n) is 5.90. The molecular weight excluding hydrogens is 388 g/mol. The zero-order valence-electron chi connectivity index (χ0n) is 18.3. The van der Waals surface area contributed by atoms with Crippen LogP contribution in [0.4, 0.5) is 0 Å². The number of aromatic amines is 2. The van der Waals surface area contributed by atoms with Gasteiger partial charge in [-0.15, -0.1) is 0 Å². The normalized spacial score (nSPS) is 12.2. The molecule has 0 bridgehead atoms. The standard InChI is InChI=1S/C25H24N4O2/c1-13-24(25(26-4)17-6-7-20-16(10-17)8-9-27-20)18-12-22(30-5)19(11-21(18)28-13)23-14(2)29-31-15(23)3/h6-12,27-28H,1-5H3. The van der Waals surface area contributed by atoms with Gasteiger partial charge in [0.2, 0.25) is 0 Å². The molecule has 0 saturated heterocycles. The average Bonchev–Trinajstić information content (AvgIpc) is 3.45. The van der Waals surface area contributed by atoms with Crippen LogP contribution in [0.3, 0.4) is 0 Å². The summed E-state index contributed by atoms with van der Waals surface area (Å²) in [5.41, 5.74) is 9.06. The van der Waals surface area contributed by atoms with Gasteiger partial charge in [-0.25, -0.2) is 0 Å². The molecule has 3 heterocycles. The second-order valence-corrected chi connectivity index (χ2v) is 7.77. The summed E-state index contributed by atoms with van der Waals surface area (Å²) in [6.45, 7) is 5.95. The van der Waals surface area contributed by atoms with Crippen molar-refractivity contribution in [1.82, 2.24) is 15.1 Å². The Bertz CT molecular complexity index is 1450. The number of H-pyrrole nitrogens is 2. The van der Waals surface area contributed by atoms with E-state index in [1.807, 2.05) is 27.1 Å². The minimum atomic E-state index is 0.772. The highest BCUT2D eigenvalue weighted by atomic mass is 16.5. The molecule has 6 nitrogen and oxygen atoms in total. The third-order valence-corrected chi connectivity index (χ3v) is 5.90. The Hall–Kier alpha value is -3.80. The van der Waals surface area contributed by atoms with Gasteiger partial charge < -0.3 is 19.2 Å². The highest BCUT2D eigenvalue weighted by Gasteiger charge is 2.21. The van der Waals surface area contributed by atoms with Crippen molar-refractivity contribution in [3.8, 4) is 16.9 Å². The monoisotopic (exact) mass is 412 g/mol. The van der Waals surface area contributed by atoms with Gasteiger partial charge in [-0.1, -0.05) is 11.2 Å². The van der Waals surface area contributed by atoms with E-state index in [1.54, 1.807) is 7.11 Å². The second-order valence-electron chi connectivity index (χ2n) is 7.77. The lowest BCUT2D eigenvalue weighted by atomic mass is 9.96. The first kappa shape index (κ1) is 19.2. The molecule has 0 spiro atoms. The van der Waals surface area contributed by atoms with Gasteiger partial charge in [0.1, 0.15) is 11.5 Å². The largest absolute Gasteiger partial charge is 0.496 e. The fourth-order valence-corrected chi connectivity index (χ4v) is 4.48. The molecule has 5 aromatic rings. The maximum atomic E-state index is 5.79. The summed E-state index contributed by atoms with van der Waals surface area (Å²) < 4.78 is 11.2. The Balaban J connectivity index is 1.73. The molecule has 0 fully saturated rings. The number of aromatic nitrogens is 3. The molecule has 6 heteroatoms. The first-order valence-corrected chi connectivity index (χ1v) is 10.2. The Labute approximate surface area is 179 Å². The summed E-state index contributed by atoms with van der Waals surface area (Å²) >= 11 is 0. The summed E-state index contributed by atoms with van der Waals surface area (Å²) in [7, 11) is 3.53. The molecule has 0 unspecified atom stereocenters. The van der Waals surface area contributed by atoms with Crippen LogP contribution in [-0.2, 0) is 0 Å². The van der Waals surface area contributed by atoms with Crippen molar-refractivity contribution in [2.75, 3.05) is 14.2 Å². The molecule has 0 radical (unpaired) electrons. The number of benzene rings is 2. The van der Waals surface area contributed by atoms with Crippen molar-refractivity contribution in [2.45, 2.75) is 20.8 Å². The Morgan fingerprint density at radius 3 is 2.61 bits per heavy atom. The van der Waals surface area contributed by atoms with E-state index in [0.717, 1.165) is 72.7 Å². The SMILES string of the molecule is CN=C(c1ccc2[nH]ccc2c1)c1c(C)[nH]c2cc(-c3c(C)noc3C)c(OC)cc12. The molecule has 3 aromatic heterocycles. The van der Waals surface area contributed by atoms with Gasteiger partial charge in [0.25, 0.3) is 0 Å². The molecule has 0 aliphatic heterocycles. The first-order valence-electron chi connectivity index (χ1n) is 10.2. The van der Waals surface area contributed by atoms with Gasteiger partial charge in [0, 0.05) is 57.4 Å². The minimum Gasteiger partial charge on any atom is -0.496 e. The van der Waals surface area contributed by atoms with E-state index in [-0.39, 0.29) is 0 Å². The van der Waals surface area contributed by atoms with E-state index in [9.17, 15) is 0 Å². The molecule has 2 aromatic carbocycles. The van der Waals surface area contributed by atoms with Crippen LogP contribution in [0.5, 0.6) is 5.75 Å². The van der Waals surface area contributed by atoms with Gasteiger partial charge in [-0.3, -0.25) is 4.99 Å². The number of methoxy groups -OCH3 is 1. The molecule has 156 valence electrons. The molecule has 0 atom stereocenters. The van der Waals surface area contributed by atoms with Gasteiger partial charge in [-0.2, -0.15) is 0 Å². The molecule has 0 saturated carbocycles. The predicted molar refractivity (Wildman–Crippen MR) is 124 cm³/mol. The van der Waals surface area contributed by atoms with Crippen LogP contribution in [0, 0.1) is 20.8 Å². The van der Waals surface area contributed by atoms with Crippen LogP contribution in [-0.4, -0.2) is 35.0 Å². The number of nitrogens with zero attached hydrogens (tertiary/aromatic N) is 2. The number of hydrogen-bond donors (Lipinski definition) is 2. The quantitative estimate of drug-likeness (QED) is 0.371. The summed E-state index contributed by atoms with van der Waals surface area (Å²) in [6.07, 6.45) is 1.95. The van der Waals surface area contributed by atoms with E-state index in [0.29, 0.717) is 0 Å². The lowest BCUT2D eigenvalue weighted by molar-refractivity contribution is 0.393. The van der Waals surface area contributed by atoms with Crippen LogP contribution in [0.1, 0.15) is 28.3 Å². The lowest BCUT2D eigenvalue weighted by Crippen LogP contribution is -2.04. The third kappa shape index (κ3) is 2.94. The number of aryl methyl sites for hydroxylation is 3. The van der Waals surface area contributed by atoms with E-state index in [2.05, 4.69) is 63.4 Å². The number of aliphatic imine (C=N–C) groups is 1. The first-order chi connectivity index (χ1) is 15.0. The van der Waals surface area contributed by atoms with Crippen molar-refractivity contribution in [3.63, 3.8) is 0 Å². The maximum Gasteiger partial charge on any atom is 0.141 e. The summed E-state index contributed by atoms with van der Waals surface area (Å²) in [5, 5.41) is 6.34. The van der Waals surface area contributed by atoms with Crippen molar-refractivity contribution >= 4 is 27.5 Å². The van der Waals surface area contributed by atoms with Crippen LogP contribution < -0.4 is 4.74 Å². The lowest BCUT2D eigenvalue weighted by Gasteiger charge is -2.11. The topological polar surface area (TPSA) is 79.2 Å². The number of hydrogen-bond acceptors (Lipinski definition) is 4. The fourth-order valence-electron chi connectivity index (χ4n) is 4.48. The summed E-state index contributed by atoms with van der Waals surface area (Å²) in [5.74, 6) is 1.55. The van der Waals surface area contributed by atoms with Gasteiger partial charge in [0.05, 0.1) is 24.1 Å². The Morgan fingerprint density at radius 1 is 1.06 bits per heavy atom. The average molecular weight is 412 g/mol. The van der Waals surface area contributed by atoms with Crippen molar-refractivity contribution in [1.29, 1.82) is 0 Å². The molecule has 5 rings (SSSR count). The number of fused-ring (bicyclic) bond motifs is 2. The highest BCUT2D eigenvalue weighted by Crippen LogP contribution is 2.39. The van der Waals surface area contributed by atoms with Crippen molar-refractivity contribution in [2.24, 2.45) is 4.99 Å². The van der Waals surface area contributed by atoms with Gasteiger partial charge in [-0.05, 0) is 51.1 Å². The van der Waals surface area contributed by atoms with E-state index in [4.69, 9.17) is 9.26 Å². The van der Waals surface area contributed by atoms with Crippen LogP contribution in [0.25, 0.3) is 32.9 Å². The van der Waals surface area contributed by atoms with Gasteiger partial charge in [0.15, 0.2) is 0 Å². The number of rotatable bonds is 4. The number of nitrogens with one attached hydrogen (secondary N) is 2. The highest BCUT2D eigenvalue weighted by molar-refractivity contribution is 6.21. The molecule has 31 heavy (non-hydrogen) atoms. The summed E-state index contributed by atoms with van der Waals surface area (Å²) in [6, 6.07) is 12.6. The molecule has 2 N–H and O–H groups in total. The Kier molecular flexibility index (Phi) is 4.43. The van der Waals surface area contributed by atoms with Crippen LogP contribution in [0.15, 0.2) is 52.1 Å². The fraction of sp³-hybridized carbons (Fsp3) is 0.200. The van der Waals surface area contributed by atoms with E-state index >= 15 is 0 Å². The van der Waals surface area contributed by atoms with Gasteiger partial charge >= 0.3 is 0 Å². The van der Waals surface area contributed by atoms with Crippen LogP contribution >= 0.6 is 0 Å². The second kappa shape index (κ2) is 7.16. The smallest absolute Gasteiger partial charge is 0.141 e. The summed E-state index contributed by atoms with van der Waals surface area (Å²) in [4.78, 5) is 11.5. The zero-order chi connectivity index (χ0) is 21.7. The van der Waals surface area contributed by atoms with Crippen LogP contribution in [0.2, 0.25) is 0 Å².